The van der Waals surface area contributed by atoms with E-state index in [-0.39, 0.29) is 50.1 Å². The van der Waals surface area contributed by atoms with E-state index < -0.39 is 13.0 Å². The van der Waals surface area contributed by atoms with Crippen LogP contribution in [-0.2, 0) is 20.9 Å². The monoisotopic (exact) mass is 340 g/mol. The van der Waals surface area contributed by atoms with Crippen molar-refractivity contribution < 1.29 is 27.9 Å². The predicted molar refractivity (Wildman–Crippen MR) is 80.4 cm³/mol. The summed E-state index contributed by atoms with van der Waals surface area (Å²) in [5, 5.41) is 2.65. The van der Waals surface area contributed by atoms with E-state index >= 15 is 0 Å². The lowest BCUT2D eigenvalue weighted by Gasteiger charge is -2.13. The van der Waals surface area contributed by atoms with E-state index in [0.29, 0.717) is 11.3 Å². The number of rotatable bonds is 8. The molecule has 8 heteroatoms. The van der Waals surface area contributed by atoms with Gasteiger partial charge in [-0.2, -0.15) is 0 Å². The number of imide groups is 1. The molecule has 3 amide bonds. The molecule has 1 heterocycles. The van der Waals surface area contributed by atoms with Gasteiger partial charge in [-0.3, -0.25) is 19.3 Å². The topological polar surface area (TPSA) is 75.7 Å². The van der Waals surface area contributed by atoms with Crippen LogP contribution in [0.25, 0.3) is 0 Å². The molecule has 1 aliphatic heterocycles. The number of hydrogen-bond donors (Lipinski definition) is 1. The van der Waals surface area contributed by atoms with Crippen LogP contribution in [0.3, 0.4) is 0 Å². The molecular weight excluding hydrogens is 322 g/mol. The second kappa shape index (κ2) is 8.37. The van der Waals surface area contributed by atoms with Gasteiger partial charge in [0.2, 0.25) is 17.7 Å². The quantitative estimate of drug-likeness (QED) is 0.728. The van der Waals surface area contributed by atoms with Gasteiger partial charge in [-0.15, -0.1) is 0 Å². The van der Waals surface area contributed by atoms with Gasteiger partial charge in [-0.25, -0.2) is 8.78 Å². The lowest BCUT2D eigenvalue weighted by atomic mass is 10.2. The lowest BCUT2D eigenvalue weighted by Crippen LogP contribution is -2.34. The number of likely N-dealkylation sites (tertiary alicyclic amines) is 1. The van der Waals surface area contributed by atoms with E-state index in [9.17, 15) is 23.2 Å². The first-order chi connectivity index (χ1) is 11.5. The maximum absolute atomic E-state index is 12.1. The number of carbonyl (C=O) groups is 3. The standard InChI is InChI=1S/C16H18F2N2O4/c17-13(18)10-24-12-3-1-2-11(8-12)9-19-14(21)6-7-20-15(22)4-5-16(20)23/h1-3,8,13H,4-7,9-10H2,(H,19,21). The lowest BCUT2D eigenvalue weighted by molar-refractivity contribution is -0.138. The SMILES string of the molecule is O=C(CCN1C(=O)CCC1=O)NCc1cccc(OCC(F)F)c1. The third-order valence-electron chi connectivity index (χ3n) is 3.48. The summed E-state index contributed by atoms with van der Waals surface area (Å²) in [6, 6.07) is 6.49. The van der Waals surface area contributed by atoms with Crippen molar-refractivity contribution in [3.8, 4) is 5.75 Å². The van der Waals surface area contributed by atoms with Crippen molar-refractivity contribution >= 4 is 17.7 Å². The minimum absolute atomic E-state index is 0.0268. The van der Waals surface area contributed by atoms with Gasteiger partial charge >= 0.3 is 0 Å². The Morgan fingerprint density at radius 1 is 1.25 bits per heavy atom. The van der Waals surface area contributed by atoms with Crippen molar-refractivity contribution in [1.82, 2.24) is 10.2 Å². The van der Waals surface area contributed by atoms with Crippen molar-refractivity contribution in [2.75, 3.05) is 13.2 Å². The molecule has 1 N–H and O–H groups in total. The number of nitrogens with one attached hydrogen (secondary N) is 1. The molecular formula is C16H18F2N2O4. The molecule has 0 spiro atoms. The Balaban J connectivity index is 1.76. The molecule has 1 aromatic rings. The number of nitrogens with zero attached hydrogens (tertiary/aromatic N) is 1. The van der Waals surface area contributed by atoms with Crippen molar-refractivity contribution in [2.24, 2.45) is 0 Å². The highest BCUT2D eigenvalue weighted by Gasteiger charge is 2.28. The average Bonchev–Trinajstić information content (AvgIpc) is 2.88. The number of halogens is 2. The summed E-state index contributed by atoms with van der Waals surface area (Å²) in [6.45, 7) is -0.415. The zero-order chi connectivity index (χ0) is 17.5. The number of alkyl halides is 2. The van der Waals surface area contributed by atoms with Crippen LogP contribution >= 0.6 is 0 Å². The van der Waals surface area contributed by atoms with Crippen molar-refractivity contribution in [2.45, 2.75) is 32.2 Å². The van der Waals surface area contributed by atoms with Gasteiger partial charge < -0.3 is 10.1 Å². The number of benzene rings is 1. The zero-order valence-electron chi connectivity index (χ0n) is 13.0. The van der Waals surface area contributed by atoms with Crippen LogP contribution in [0.2, 0.25) is 0 Å². The summed E-state index contributed by atoms with van der Waals surface area (Å²) in [4.78, 5) is 35.8. The maximum Gasteiger partial charge on any atom is 0.272 e. The molecule has 1 aliphatic rings. The van der Waals surface area contributed by atoms with Crippen LogP contribution < -0.4 is 10.1 Å². The summed E-state index contributed by atoms with van der Waals surface area (Å²) in [5.41, 5.74) is 0.698. The fourth-order valence-electron chi connectivity index (χ4n) is 2.28. The number of ether oxygens (including phenoxy) is 1. The highest BCUT2D eigenvalue weighted by molar-refractivity contribution is 6.02. The molecule has 0 radical (unpaired) electrons. The highest BCUT2D eigenvalue weighted by atomic mass is 19.3. The summed E-state index contributed by atoms with van der Waals surface area (Å²) in [5.74, 6) is -0.509. The first kappa shape index (κ1) is 17.8. The molecule has 6 nitrogen and oxygen atoms in total. The minimum Gasteiger partial charge on any atom is -0.488 e. The number of hydrogen-bond acceptors (Lipinski definition) is 4. The summed E-state index contributed by atoms with van der Waals surface area (Å²) in [7, 11) is 0. The molecule has 0 atom stereocenters. The van der Waals surface area contributed by atoms with Crippen molar-refractivity contribution in [3.05, 3.63) is 29.8 Å². The molecule has 1 aromatic carbocycles. The van der Waals surface area contributed by atoms with E-state index in [2.05, 4.69) is 5.32 Å². The summed E-state index contributed by atoms with van der Waals surface area (Å²) in [6.07, 6.45) is -2.12. The van der Waals surface area contributed by atoms with Crippen LogP contribution in [0.5, 0.6) is 5.75 Å². The van der Waals surface area contributed by atoms with Gasteiger partial charge in [0.15, 0.2) is 0 Å². The maximum atomic E-state index is 12.1. The Labute approximate surface area is 137 Å². The molecule has 24 heavy (non-hydrogen) atoms. The van der Waals surface area contributed by atoms with E-state index in [4.69, 9.17) is 4.74 Å². The molecule has 0 bridgehead atoms. The number of carbonyl (C=O) groups excluding carboxylic acids is 3. The van der Waals surface area contributed by atoms with Gasteiger partial charge in [0.25, 0.3) is 6.43 Å². The first-order valence-electron chi connectivity index (χ1n) is 7.55. The Morgan fingerprint density at radius 2 is 1.96 bits per heavy atom. The van der Waals surface area contributed by atoms with Crippen LogP contribution in [-0.4, -0.2) is 42.2 Å². The molecule has 0 unspecified atom stereocenters. The fourth-order valence-corrected chi connectivity index (χ4v) is 2.28. The van der Waals surface area contributed by atoms with Gasteiger partial charge in [-0.05, 0) is 17.7 Å². The zero-order valence-corrected chi connectivity index (χ0v) is 13.0. The van der Waals surface area contributed by atoms with Crippen LogP contribution in [0, 0.1) is 0 Å². The van der Waals surface area contributed by atoms with Crippen LogP contribution in [0.1, 0.15) is 24.8 Å². The third kappa shape index (κ3) is 5.29. The van der Waals surface area contributed by atoms with Gasteiger partial charge in [0, 0.05) is 32.4 Å². The summed E-state index contributed by atoms with van der Waals surface area (Å²) < 4.78 is 29.1. The van der Waals surface area contributed by atoms with E-state index in [1.165, 1.54) is 0 Å². The normalized spacial score (nSPS) is 14.4. The Morgan fingerprint density at radius 3 is 2.62 bits per heavy atom. The minimum atomic E-state index is -2.55. The van der Waals surface area contributed by atoms with Gasteiger partial charge in [0.05, 0.1) is 0 Å². The van der Waals surface area contributed by atoms with Crippen molar-refractivity contribution in [1.29, 1.82) is 0 Å². The first-order valence-corrected chi connectivity index (χ1v) is 7.55. The number of amides is 3. The van der Waals surface area contributed by atoms with E-state index in [0.717, 1.165) is 4.90 Å². The third-order valence-corrected chi connectivity index (χ3v) is 3.48. The van der Waals surface area contributed by atoms with Crippen LogP contribution in [0.4, 0.5) is 8.78 Å². The Hall–Kier alpha value is -2.51. The smallest absolute Gasteiger partial charge is 0.272 e. The Kier molecular flexibility index (Phi) is 6.22. The highest BCUT2D eigenvalue weighted by Crippen LogP contribution is 2.14. The van der Waals surface area contributed by atoms with Gasteiger partial charge in [-0.1, -0.05) is 12.1 Å². The van der Waals surface area contributed by atoms with Crippen LogP contribution in [0.15, 0.2) is 24.3 Å². The van der Waals surface area contributed by atoms with E-state index in [1.807, 2.05) is 0 Å². The molecule has 2 rings (SSSR count). The molecule has 130 valence electrons. The molecule has 0 aliphatic carbocycles. The average molecular weight is 340 g/mol. The van der Waals surface area contributed by atoms with Crippen molar-refractivity contribution in [3.63, 3.8) is 0 Å². The van der Waals surface area contributed by atoms with Gasteiger partial charge in [0.1, 0.15) is 12.4 Å². The molecule has 1 saturated heterocycles. The molecule has 1 fully saturated rings. The fraction of sp³-hybridized carbons (Fsp3) is 0.438. The second-order valence-corrected chi connectivity index (χ2v) is 5.32. The van der Waals surface area contributed by atoms with E-state index in [1.54, 1.807) is 24.3 Å². The second-order valence-electron chi connectivity index (χ2n) is 5.32. The Bertz CT molecular complexity index is 606. The largest absolute Gasteiger partial charge is 0.488 e. The molecule has 0 aromatic heterocycles. The molecule has 0 saturated carbocycles. The summed E-state index contributed by atoms with van der Waals surface area (Å²) >= 11 is 0. The predicted octanol–water partition coefficient (Wildman–Crippen LogP) is 1.49.